The molecule has 0 aliphatic heterocycles. The summed E-state index contributed by atoms with van der Waals surface area (Å²) in [7, 11) is 0. The minimum atomic E-state index is -0.328. The Morgan fingerprint density at radius 2 is 1.89 bits per heavy atom. The monoisotopic (exact) mass is 395 g/mol. The Morgan fingerprint density at radius 1 is 1.18 bits per heavy atom. The molecule has 28 heavy (non-hydrogen) atoms. The predicted octanol–water partition coefficient (Wildman–Crippen LogP) is 3.47. The van der Waals surface area contributed by atoms with Crippen LogP contribution in [0, 0.1) is 6.92 Å². The lowest BCUT2D eigenvalue weighted by Gasteiger charge is -2.12. The number of nitrogens with one attached hydrogen (secondary N) is 1. The number of hydrogen-bond donors (Lipinski definition) is 1. The zero-order valence-corrected chi connectivity index (χ0v) is 16.7. The number of thioether (sulfide) groups is 1. The van der Waals surface area contributed by atoms with Crippen molar-refractivity contribution in [3.8, 4) is 0 Å². The molecule has 6 nitrogen and oxygen atoms in total. The fourth-order valence-corrected chi connectivity index (χ4v) is 3.43. The number of aromatic nitrogens is 2. The molecule has 1 atom stereocenters. The van der Waals surface area contributed by atoms with E-state index < -0.39 is 0 Å². The normalized spacial score (nSPS) is 12.0. The number of amides is 1. The van der Waals surface area contributed by atoms with Crippen LogP contribution in [0.4, 0.5) is 5.69 Å². The molecule has 3 rings (SSSR count). The van der Waals surface area contributed by atoms with Crippen molar-refractivity contribution in [3.63, 3.8) is 0 Å². The molecule has 144 valence electrons. The quantitative estimate of drug-likeness (QED) is 0.647. The molecule has 0 aliphatic carbocycles. The standard InChI is InChI=1S/C21H21N3O3S/c1-13-4-9-19-22-18(10-20(26)24(19)11-13)12-28-15(3)21(27)23-17-7-5-16(6-8-17)14(2)25/h4-11,15H,12H2,1-3H3,(H,23,27)/t15-/m0/s1. The molecular formula is C21H21N3O3S. The summed E-state index contributed by atoms with van der Waals surface area (Å²) < 4.78 is 1.52. The first-order chi connectivity index (χ1) is 13.3. The lowest BCUT2D eigenvalue weighted by Crippen LogP contribution is -2.23. The molecule has 2 aromatic heterocycles. The van der Waals surface area contributed by atoms with Gasteiger partial charge in [0.25, 0.3) is 5.56 Å². The van der Waals surface area contributed by atoms with Crippen molar-refractivity contribution in [1.29, 1.82) is 0 Å². The highest BCUT2D eigenvalue weighted by Crippen LogP contribution is 2.19. The molecule has 1 amide bonds. The van der Waals surface area contributed by atoms with Crippen molar-refractivity contribution in [1.82, 2.24) is 9.38 Å². The number of rotatable bonds is 6. The van der Waals surface area contributed by atoms with Crippen LogP contribution in [0.25, 0.3) is 5.65 Å². The van der Waals surface area contributed by atoms with Gasteiger partial charge in [-0.05, 0) is 56.7 Å². The first kappa shape index (κ1) is 19.8. The van der Waals surface area contributed by atoms with Gasteiger partial charge in [0.05, 0.1) is 10.9 Å². The van der Waals surface area contributed by atoms with Gasteiger partial charge >= 0.3 is 0 Å². The third-order valence-corrected chi connectivity index (χ3v) is 5.45. The van der Waals surface area contributed by atoms with Crippen LogP contribution in [0.15, 0.2) is 53.5 Å². The van der Waals surface area contributed by atoms with Crippen LogP contribution < -0.4 is 10.9 Å². The SMILES string of the molecule is CC(=O)c1ccc(NC(=O)[C@H](C)SCc2cc(=O)n3cc(C)ccc3n2)cc1. The summed E-state index contributed by atoms with van der Waals surface area (Å²) in [5.74, 6) is 0.293. The van der Waals surface area contributed by atoms with Crippen molar-refractivity contribution in [3.05, 3.63) is 75.8 Å². The van der Waals surface area contributed by atoms with E-state index in [-0.39, 0.29) is 22.5 Å². The van der Waals surface area contributed by atoms with E-state index in [4.69, 9.17) is 0 Å². The minimum absolute atomic E-state index is 0.0178. The van der Waals surface area contributed by atoms with Crippen molar-refractivity contribution >= 4 is 34.8 Å². The number of hydrogen-bond acceptors (Lipinski definition) is 5. The van der Waals surface area contributed by atoms with Gasteiger partial charge in [-0.25, -0.2) is 4.98 Å². The number of fused-ring (bicyclic) bond motifs is 1. The lowest BCUT2D eigenvalue weighted by molar-refractivity contribution is -0.115. The number of benzene rings is 1. The van der Waals surface area contributed by atoms with Crippen LogP contribution in [0.5, 0.6) is 0 Å². The Balaban J connectivity index is 1.63. The summed E-state index contributed by atoms with van der Waals surface area (Å²) in [5, 5.41) is 2.51. The molecule has 0 fully saturated rings. The van der Waals surface area contributed by atoms with Gasteiger partial charge in [0.1, 0.15) is 5.65 Å². The Morgan fingerprint density at radius 3 is 2.57 bits per heavy atom. The molecule has 3 aromatic rings. The summed E-state index contributed by atoms with van der Waals surface area (Å²) in [6.07, 6.45) is 1.76. The topological polar surface area (TPSA) is 80.5 Å². The van der Waals surface area contributed by atoms with Gasteiger partial charge in [0.15, 0.2) is 5.78 Å². The second kappa shape index (κ2) is 8.39. The summed E-state index contributed by atoms with van der Waals surface area (Å²) >= 11 is 1.41. The summed E-state index contributed by atoms with van der Waals surface area (Å²) in [6.45, 7) is 5.23. The summed E-state index contributed by atoms with van der Waals surface area (Å²) in [5.41, 5.74) is 3.33. The second-order valence-corrected chi connectivity index (χ2v) is 7.93. The van der Waals surface area contributed by atoms with Crippen molar-refractivity contribution in [2.45, 2.75) is 31.8 Å². The van der Waals surface area contributed by atoms with Gasteiger partial charge in [0.2, 0.25) is 5.91 Å². The number of ketones is 1. The maximum Gasteiger partial charge on any atom is 0.258 e. The Labute approximate surface area is 167 Å². The first-order valence-electron chi connectivity index (χ1n) is 8.86. The number of carbonyl (C=O) groups is 2. The fraction of sp³-hybridized carbons (Fsp3) is 0.238. The molecular weight excluding hydrogens is 374 g/mol. The van der Waals surface area contributed by atoms with Gasteiger partial charge in [0, 0.05) is 29.3 Å². The lowest BCUT2D eigenvalue weighted by atomic mass is 10.1. The van der Waals surface area contributed by atoms with Crippen LogP contribution in [0.2, 0.25) is 0 Å². The number of nitrogens with zero attached hydrogens (tertiary/aromatic N) is 2. The number of carbonyl (C=O) groups excluding carboxylic acids is 2. The van der Waals surface area contributed by atoms with E-state index in [1.165, 1.54) is 29.2 Å². The van der Waals surface area contributed by atoms with E-state index in [1.54, 1.807) is 37.4 Å². The molecule has 0 radical (unpaired) electrons. The zero-order valence-electron chi connectivity index (χ0n) is 15.9. The molecule has 0 bridgehead atoms. The number of aryl methyl sites for hydroxylation is 1. The molecule has 2 heterocycles. The maximum absolute atomic E-state index is 12.4. The van der Waals surface area contributed by atoms with Crippen LogP contribution in [-0.2, 0) is 10.5 Å². The molecule has 0 unspecified atom stereocenters. The van der Waals surface area contributed by atoms with E-state index in [2.05, 4.69) is 10.3 Å². The highest BCUT2D eigenvalue weighted by Gasteiger charge is 2.15. The molecule has 1 N–H and O–H groups in total. The first-order valence-corrected chi connectivity index (χ1v) is 9.91. The van der Waals surface area contributed by atoms with Crippen LogP contribution in [0.1, 0.15) is 35.5 Å². The van der Waals surface area contributed by atoms with Crippen LogP contribution in [0.3, 0.4) is 0 Å². The van der Waals surface area contributed by atoms with Crippen LogP contribution in [-0.4, -0.2) is 26.3 Å². The predicted molar refractivity (Wildman–Crippen MR) is 112 cm³/mol. The van der Waals surface area contributed by atoms with E-state index in [1.807, 2.05) is 19.1 Å². The summed E-state index contributed by atoms with van der Waals surface area (Å²) in [6, 6.07) is 12.0. The Bertz CT molecular complexity index is 1090. The van der Waals surface area contributed by atoms with E-state index in [9.17, 15) is 14.4 Å². The van der Waals surface area contributed by atoms with Gasteiger partial charge < -0.3 is 5.32 Å². The average molecular weight is 395 g/mol. The largest absolute Gasteiger partial charge is 0.325 e. The van der Waals surface area contributed by atoms with Gasteiger partial charge in [-0.15, -0.1) is 11.8 Å². The number of pyridine rings is 1. The molecule has 0 saturated heterocycles. The van der Waals surface area contributed by atoms with Crippen molar-refractivity contribution < 1.29 is 9.59 Å². The van der Waals surface area contributed by atoms with Crippen LogP contribution >= 0.6 is 11.8 Å². The van der Waals surface area contributed by atoms with E-state index in [0.717, 1.165) is 5.56 Å². The van der Waals surface area contributed by atoms with Crippen molar-refractivity contribution in [2.24, 2.45) is 0 Å². The van der Waals surface area contributed by atoms with E-state index in [0.29, 0.717) is 28.3 Å². The fourth-order valence-electron chi connectivity index (χ4n) is 2.65. The molecule has 0 aliphatic rings. The smallest absolute Gasteiger partial charge is 0.258 e. The maximum atomic E-state index is 12.4. The highest BCUT2D eigenvalue weighted by molar-refractivity contribution is 7.99. The molecule has 0 spiro atoms. The Hall–Kier alpha value is -2.93. The third-order valence-electron chi connectivity index (χ3n) is 4.27. The highest BCUT2D eigenvalue weighted by atomic mass is 32.2. The van der Waals surface area contributed by atoms with Gasteiger partial charge in [-0.2, -0.15) is 0 Å². The Kier molecular flexibility index (Phi) is 5.94. The number of anilines is 1. The van der Waals surface area contributed by atoms with E-state index >= 15 is 0 Å². The minimum Gasteiger partial charge on any atom is -0.325 e. The molecule has 0 saturated carbocycles. The number of Topliss-reactive ketones (excluding diaryl/α,β-unsaturated/α-hetero) is 1. The van der Waals surface area contributed by atoms with Gasteiger partial charge in [-0.1, -0.05) is 6.07 Å². The second-order valence-electron chi connectivity index (χ2n) is 6.60. The summed E-state index contributed by atoms with van der Waals surface area (Å²) in [4.78, 5) is 40.4. The van der Waals surface area contributed by atoms with Gasteiger partial charge in [-0.3, -0.25) is 18.8 Å². The third kappa shape index (κ3) is 4.67. The molecule has 1 aromatic carbocycles. The molecule has 7 heteroatoms. The zero-order chi connectivity index (χ0) is 20.3. The van der Waals surface area contributed by atoms with Crippen molar-refractivity contribution in [2.75, 3.05) is 5.32 Å². The average Bonchev–Trinajstić information content (AvgIpc) is 2.67.